The summed E-state index contributed by atoms with van der Waals surface area (Å²) in [4.78, 5) is 24.8. The lowest BCUT2D eigenvalue weighted by Crippen LogP contribution is -2.32. The Hall–Kier alpha value is -2.57. The minimum absolute atomic E-state index is 0.247. The van der Waals surface area contributed by atoms with Gasteiger partial charge in [0.1, 0.15) is 6.10 Å². The zero-order valence-electron chi connectivity index (χ0n) is 14.0. The number of amides is 2. The third-order valence-corrected chi connectivity index (χ3v) is 4.41. The van der Waals surface area contributed by atoms with Crippen LogP contribution < -0.4 is 5.32 Å². The molecule has 1 saturated heterocycles. The van der Waals surface area contributed by atoms with Gasteiger partial charge in [-0.2, -0.15) is 0 Å². The third-order valence-electron chi connectivity index (χ3n) is 4.18. The van der Waals surface area contributed by atoms with Gasteiger partial charge in [0.05, 0.1) is 6.54 Å². The number of ether oxygens (including phenoxy) is 1. The molecule has 1 aliphatic heterocycles. The molecule has 2 aromatic carbocycles. The first-order valence-corrected chi connectivity index (χ1v) is 8.67. The normalized spacial score (nSPS) is 17.4. The van der Waals surface area contributed by atoms with Crippen molar-refractivity contribution in [1.82, 2.24) is 4.90 Å². The van der Waals surface area contributed by atoms with Crippen LogP contribution in [0.5, 0.6) is 0 Å². The van der Waals surface area contributed by atoms with Crippen molar-refractivity contribution in [2.45, 2.75) is 12.5 Å². The number of carboxylic acid groups (broad SMARTS) is 1. The number of nitrogens with one attached hydrogen (secondary N) is 1. The Kier molecular flexibility index (Phi) is 5.75. The number of anilines is 1. The van der Waals surface area contributed by atoms with Gasteiger partial charge in [-0.3, -0.25) is 4.79 Å². The van der Waals surface area contributed by atoms with Crippen LogP contribution in [0.15, 0.2) is 48.5 Å². The number of nitrogens with zero attached hydrogens (tertiary/aromatic N) is 1. The standard InChI is InChI=1S/C19H19ClN2O4/c20-15-4-1-3-14(11-15)18(23)21-16-7-5-13(6-8-16)17-12-22(19(24)25)9-2-10-26-17/h1,3-8,11,17H,2,9-10,12H2,(H,21,23)(H,24,25). The molecule has 2 N–H and O–H groups in total. The maximum absolute atomic E-state index is 12.2. The topological polar surface area (TPSA) is 78.9 Å². The fourth-order valence-corrected chi connectivity index (χ4v) is 3.00. The molecule has 2 amide bonds. The molecule has 0 aromatic heterocycles. The number of hydrogen-bond donors (Lipinski definition) is 2. The molecular formula is C19H19ClN2O4. The van der Waals surface area contributed by atoms with E-state index < -0.39 is 6.09 Å². The highest BCUT2D eigenvalue weighted by molar-refractivity contribution is 6.31. The average molecular weight is 375 g/mol. The minimum atomic E-state index is -0.939. The first-order valence-electron chi connectivity index (χ1n) is 8.29. The molecule has 0 bridgehead atoms. The fourth-order valence-electron chi connectivity index (χ4n) is 2.81. The summed E-state index contributed by atoms with van der Waals surface area (Å²) < 4.78 is 5.77. The molecule has 1 aliphatic rings. The van der Waals surface area contributed by atoms with Crippen molar-refractivity contribution < 1.29 is 19.4 Å². The van der Waals surface area contributed by atoms with Crippen LogP contribution in [0.4, 0.5) is 10.5 Å². The Morgan fingerprint density at radius 1 is 1.19 bits per heavy atom. The van der Waals surface area contributed by atoms with E-state index in [1.807, 2.05) is 12.1 Å². The molecule has 0 spiro atoms. The summed E-state index contributed by atoms with van der Waals surface area (Å²) in [6, 6.07) is 13.9. The second-order valence-corrected chi connectivity index (χ2v) is 6.46. The van der Waals surface area contributed by atoms with E-state index in [1.54, 1.807) is 36.4 Å². The molecule has 1 fully saturated rings. The van der Waals surface area contributed by atoms with E-state index >= 15 is 0 Å². The molecule has 0 radical (unpaired) electrons. The number of carbonyl (C=O) groups is 2. The van der Waals surface area contributed by atoms with E-state index in [2.05, 4.69) is 5.32 Å². The van der Waals surface area contributed by atoms with Gasteiger partial charge in [-0.15, -0.1) is 0 Å². The van der Waals surface area contributed by atoms with Crippen molar-refractivity contribution >= 4 is 29.3 Å². The Morgan fingerprint density at radius 3 is 2.65 bits per heavy atom. The number of carbonyl (C=O) groups excluding carboxylic acids is 1. The van der Waals surface area contributed by atoms with Crippen LogP contribution >= 0.6 is 11.6 Å². The monoisotopic (exact) mass is 374 g/mol. The predicted octanol–water partition coefficient (Wildman–Crippen LogP) is 4.03. The van der Waals surface area contributed by atoms with Crippen molar-refractivity contribution in [2.24, 2.45) is 0 Å². The van der Waals surface area contributed by atoms with Crippen LogP contribution in [0.2, 0.25) is 5.02 Å². The summed E-state index contributed by atoms with van der Waals surface area (Å²) in [6.07, 6.45) is -0.575. The second kappa shape index (κ2) is 8.21. The highest BCUT2D eigenvalue weighted by Gasteiger charge is 2.23. The smallest absolute Gasteiger partial charge is 0.407 e. The lowest BCUT2D eigenvalue weighted by atomic mass is 10.1. The molecular weight excluding hydrogens is 356 g/mol. The van der Waals surface area contributed by atoms with E-state index in [9.17, 15) is 14.7 Å². The maximum atomic E-state index is 12.2. The van der Waals surface area contributed by atoms with Crippen molar-refractivity contribution in [1.29, 1.82) is 0 Å². The second-order valence-electron chi connectivity index (χ2n) is 6.03. The number of halogens is 1. The number of hydrogen-bond acceptors (Lipinski definition) is 3. The van der Waals surface area contributed by atoms with Gasteiger partial charge in [0, 0.05) is 29.4 Å². The SMILES string of the molecule is O=C(Nc1ccc(C2CN(C(=O)O)CCCO2)cc1)c1cccc(Cl)c1. The Morgan fingerprint density at radius 2 is 1.96 bits per heavy atom. The molecule has 136 valence electrons. The van der Waals surface area contributed by atoms with Crippen molar-refractivity contribution in [3.8, 4) is 0 Å². The molecule has 1 heterocycles. The van der Waals surface area contributed by atoms with Gasteiger partial charge in [0.15, 0.2) is 0 Å². The van der Waals surface area contributed by atoms with Crippen LogP contribution in [-0.2, 0) is 4.74 Å². The van der Waals surface area contributed by atoms with Gasteiger partial charge in [0.2, 0.25) is 0 Å². The molecule has 0 saturated carbocycles. The Bertz CT molecular complexity index is 794. The molecule has 2 aromatic rings. The number of benzene rings is 2. The largest absolute Gasteiger partial charge is 0.465 e. The van der Waals surface area contributed by atoms with Crippen molar-refractivity contribution in [3.63, 3.8) is 0 Å². The van der Waals surface area contributed by atoms with E-state index in [0.717, 1.165) is 5.56 Å². The summed E-state index contributed by atoms with van der Waals surface area (Å²) in [5.74, 6) is -0.247. The van der Waals surface area contributed by atoms with Gasteiger partial charge >= 0.3 is 6.09 Å². The summed E-state index contributed by atoms with van der Waals surface area (Å²) >= 11 is 5.91. The molecule has 3 rings (SSSR count). The summed E-state index contributed by atoms with van der Waals surface area (Å²) in [5.41, 5.74) is 1.99. The lowest BCUT2D eigenvalue weighted by Gasteiger charge is -2.21. The highest BCUT2D eigenvalue weighted by Crippen LogP contribution is 2.24. The van der Waals surface area contributed by atoms with E-state index in [-0.39, 0.29) is 12.0 Å². The third kappa shape index (κ3) is 4.53. The molecule has 1 unspecified atom stereocenters. The van der Waals surface area contributed by atoms with E-state index in [0.29, 0.717) is 42.4 Å². The van der Waals surface area contributed by atoms with Crippen LogP contribution in [-0.4, -0.2) is 41.7 Å². The molecule has 7 heteroatoms. The zero-order chi connectivity index (χ0) is 18.5. The molecule has 6 nitrogen and oxygen atoms in total. The molecule has 26 heavy (non-hydrogen) atoms. The first kappa shape index (κ1) is 18.2. The van der Waals surface area contributed by atoms with Gasteiger partial charge in [-0.1, -0.05) is 29.8 Å². The summed E-state index contributed by atoms with van der Waals surface area (Å²) in [7, 11) is 0. The Labute approximate surface area is 156 Å². The van der Waals surface area contributed by atoms with Gasteiger partial charge in [-0.25, -0.2) is 4.79 Å². The van der Waals surface area contributed by atoms with Crippen molar-refractivity contribution in [3.05, 3.63) is 64.7 Å². The molecule has 1 atom stereocenters. The number of rotatable bonds is 3. The summed E-state index contributed by atoms with van der Waals surface area (Å²) in [6.45, 7) is 1.28. The van der Waals surface area contributed by atoms with Gasteiger partial charge in [0.25, 0.3) is 5.91 Å². The van der Waals surface area contributed by atoms with Crippen LogP contribution in [0.1, 0.15) is 28.4 Å². The van der Waals surface area contributed by atoms with Gasteiger partial charge in [-0.05, 0) is 42.3 Å². The average Bonchev–Trinajstić information content (AvgIpc) is 2.89. The predicted molar refractivity (Wildman–Crippen MR) is 98.8 cm³/mol. The molecule has 0 aliphatic carbocycles. The maximum Gasteiger partial charge on any atom is 0.407 e. The van der Waals surface area contributed by atoms with Gasteiger partial charge < -0.3 is 20.1 Å². The van der Waals surface area contributed by atoms with Crippen LogP contribution in [0.3, 0.4) is 0 Å². The Balaban J connectivity index is 1.68. The highest BCUT2D eigenvalue weighted by atomic mass is 35.5. The van der Waals surface area contributed by atoms with Crippen molar-refractivity contribution in [2.75, 3.05) is 25.0 Å². The fraction of sp³-hybridized carbons (Fsp3) is 0.263. The zero-order valence-corrected chi connectivity index (χ0v) is 14.8. The first-order chi connectivity index (χ1) is 12.5. The summed E-state index contributed by atoms with van der Waals surface area (Å²) in [5, 5.41) is 12.5. The van der Waals surface area contributed by atoms with E-state index in [1.165, 1.54) is 4.90 Å². The minimum Gasteiger partial charge on any atom is -0.465 e. The quantitative estimate of drug-likeness (QED) is 0.850. The van der Waals surface area contributed by atoms with E-state index in [4.69, 9.17) is 16.3 Å². The van der Waals surface area contributed by atoms with Crippen LogP contribution in [0, 0.1) is 0 Å². The van der Waals surface area contributed by atoms with Crippen LogP contribution in [0.25, 0.3) is 0 Å². The lowest BCUT2D eigenvalue weighted by molar-refractivity contribution is 0.0533.